The largest absolute Gasteiger partial charge is 0.362 e. The number of rotatable bonds is 3. The van der Waals surface area contributed by atoms with Crippen LogP contribution in [-0.2, 0) is 0 Å². The summed E-state index contributed by atoms with van der Waals surface area (Å²) in [6.07, 6.45) is 0. The third-order valence-corrected chi connectivity index (χ3v) is 4.18. The molecule has 1 aliphatic rings. The van der Waals surface area contributed by atoms with Crippen LogP contribution in [0.1, 0.15) is 18.5 Å². The monoisotopic (exact) mass is 266 g/mol. The van der Waals surface area contributed by atoms with E-state index in [1.807, 2.05) is 0 Å². The average molecular weight is 266 g/mol. The van der Waals surface area contributed by atoms with Gasteiger partial charge in [-0.1, -0.05) is 55.5 Å². The van der Waals surface area contributed by atoms with Crippen LogP contribution >= 0.6 is 0 Å². The molecule has 0 saturated carbocycles. The quantitative estimate of drug-likeness (QED) is 0.838. The summed E-state index contributed by atoms with van der Waals surface area (Å²) in [6, 6.07) is 22.1. The Hall–Kier alpha value is -1.80. The van der Waals surface area contributed by atoms with Crippen LogP contribution in [0.25, 0.3) is 0 Å². The Balaban J connectivity index is 1.91. The van der Waals surface area contributed by atoms with Crippen molar-refractivity contribution < 1.29 is 0 Å². The van der Waals surface area contributed by atoms with Gasteiger partial charge in [-0.15, -0.1) is 0 Å². The average Bonchev–Trinajstić information content (AvgIpc) is 2.56. The van der Waals surface area contributed by atoms with Gasteiger partial charge in [-0.3, -0.25) is 4.90 Å². The Morgan fingerprint density at radius 2 is 1.55 bits per heavy atom. The van der Waals surface area contributed by atoms with Gasteiger partial charge >= 0.3 is 0 Å². The highest BCUT2D eigenvalue weighted by molar-refractivity contribution is 5.49. The molecule has 0 radical (unpaired) electrons. The van der Waals surface area contributed by atoms with Gasteiger partial charge in [0, 0.05) is 25.3 Å². The molecule has 104 valence electrons. The molecule has 1 aliphatic heterocycles. The van der Waals surface area contributed by atoms with Crippen LogP contribution in [0.5, 0.6) is 0 Å². The van der Waals surface area contributed by atoms with Crippen LogP contribution in [0, 0.1) is 0 Å². The van der Waals surface area contributed by atoms with E-state index in [0.29, 0.717) is 6.04 Å². The molecule has 1 fully saturated rings. The van der Waals surface area contributed by atoms with Gasteiger partial charge in [0.2, 0.25) is 0 Å². The predicted octanol–water partition coefficient (Wildman–Crippen LogP) is 3.57. The fraction of sp³-hybridized carbons (Fsp3) is 0.333. The highest BCUT2D eigenvalue weighted by Crippen LogP contribution is 2.30. The van der Waals surface area contributed by atoms with E-state index < -0.39 is 0 Å². The molecular formula is C18H22N2. The molecule has 0 bridgehead atoms. The summed E-state index contributed by atoms with van der Waals surface area (Å²) >= 11 is 0. The van der Waals surface area contributed by atoms with Crippen LogP contribution < -0.4 is 4.90 Å². The fourth-order valence-corrected chi connectivity index (χ4v) is 3.02. The summed E-state index contributed by atoms with van der Waals surface area (Å²) in [5.74, 6) is 0. The molecule has 0 N–H and O–H groups in total. The van der Waals surface area contributed by atoms with E-state index in [1.54, 1.807) is 0 Å². The van der Waals surface area contributed by atoms with Crippen molar-refractivity contribution in [2.24, 2.45) is 0 Å². The van der Waals surface area contributed by atoms with Gasteiger partial charge in [0.05, 0.1) is 6.04 Å². The molecule has 20 heavy (non-hydrogen) atoms. The first-order chi connectivity index (χ1) is 9.88. The zero-order valence-electron chi connectivity index (χ0n) is 12.1. The minimum atomic E-state index is 0.451. The van der Waals surface area contributed by atoms with Gasteiger partial charge in [0.1, 0.15) is 0 Å². The molecule has 2 heteroatoms. The van der Waals surface area contributed by atoms with E-state index in [4.69, 9.17) is 0 Å². The summed E-state index contributed by atoms with van der Waals surface area (Å²) in [5.41, 5.74) is 2.74. The van der Waals surface area contributed by atoms with Crippen LogP contribution in [0.2, 0.25) is 0 Å². The summed E-state index contributed by atoms with van der Waals surface area (Å²) in [7, 11) is 0. The molecule has 3 rings (SSSR count). The Morgan fingerprint density at radius 3 is 2.20 bits per heavy atom. The summed E-state index contributed by atoms with van der Waals surface area (Å²) < 4.78 is 0. The lowest BCUT2D eigenvalue weighted by Crippen LogP contribution is -2.48. The van der Waals surface area contributed by atoms with E-state index in [2.05, 4.69) is 77.4 Å². The van der Waals surface area contributed by atoms with Crippen molar-refractivity contribution in [2.45, 2.75) is 13.0 Å². The highest BCUT2D eigenvalue weighted by Gasteiger charge is 2.27. The van der Waals surface area contributed by atoms with E-state index >= 15 is 0 Å². The van der Waals surface area contributed by atoms with Crippen molar-refractivity contribution in [3.8, 4) is 0 Å². The van der Waals surface area contributed by atoms with Crippen LogP contribution in [0.3, 0.4) is 0 Å². The van der Waals surface area contributed by atoms with E-state index in [1.165, 1.54) is 11.3 Å². The van der Waals surface area contributed by atoms with Gasteiger partial charge in [-0.25, -0.2) is 0 Å². The lowest BCUT2D eigenvalue weighted by molar-refractivity contribution is 0.234. The second kappa shape index (κ2) is 6.10. The molecule has 0 aliphatic carbocycles. The van der Waals surface area contributed by atoms with Gasteiger partial charge in [0.15, 0.2) is 0 Å². The van der Waals surface area contributed by atoms with Crippen LogP contribution in [0.4, 0.5) is 5.69 Å². The Morgan fingerprint density at radius 1 is 0.900 bits per heavy atom. The van der Waals surface area contributed by atoms with Crippen molar-refractivity contribution in [2.75, 3.05) is 31.1 Å². The number of likely N-dealkylation sites (N-methyl/N-ethyl adjacent to an activating group) is 1. The Kier molecular flexibility index (Phi) is 4.03. The molecule has 2 nitrogen and oxygen atoms in total. The Bertz CT molecular complexity index is 524. The number of piperazine rings is 1. The second-order valence-corrected chi connectivity index (χ2v) is 5.35. The van der Waals surface area contributed by atoms with Gasteiger partial charge in [0.25, 0.3) is 0 Å². The first-order valence-corrected chi connectivity index (χ1v) is 7.47. The summed E-state index contributed by atoms with van der Waals surface area (Å²) in [6.45, 7) is 6.73. The minimum absolute atomic E-state index is 0.451. The first kappa shape index (κ1) is 13.2. The zero-order valence-corrected chi connectivity index (χ0v) is 12.1. The molecule has 1 heterocycles. The van der Waals surface area contributed by atoms with Crippen LogP contribution in [-0.4, -0.2) is 31.1 Å². The van der Waals surface area contributed by atoms with Crippen molar-refractivity contribution in [3.63, 3.8) is 0 Å². The SMILES string of the molecule is CCN1CCN(c2ccccc2)C(c2ccccc2)C1. The minimum Gasteiger partial charge on any atom is -0.362 e. The summed E-state index contributed by atoms with van der Waals surface area (Å²) in [4.78, 5) is 5.08. The standard InChI is InChI=1S/C18H22N2/c1-2-19-13-14-20(17-11-7-4-8-12-17)18(15-19)16-9-5-3-6-10-16/h3-12,18H,2,13-15H2,1H3. The summed E-state index contributed by atoms with van der Waals surface area (Å²) in [5, 5.41) is 0. The smallest absolute Gasteiger partial charge is 0.0670 e. The maximum Gasteiger partial charge on any atom is 0.0670 e. The number of benzene rings is 2. The van der Waals surface area contributed by atoms with Crippen molar-refractivity contribution in [1.29, 1.82) is 0 Å². The maximum absolute atomic E-state index is 2.54. The van der Waals surface area contributed by atoms with Gasteiger partial charge in [-0.05, 0) is 24.2 Å². The molecular weight excluding hydrogens is 244 g/mol. The molecule has 0 aromatic heterocycles. The third-order valence-electron chi connectivity index (χ3n) is 4.18. The molecule has 2 aromatic rings. The van der Waals surface area contributed by atoms with Crippen molar-refractivity contribution in [3.05, 3.63) is 66.2 Å². The predicted molar refractivity (Wildman–Crippen MR) is 85.1 cm³/mol. The lowest BCUT2D eigenvalue weighted by atomic mass is 10.0. The second-order valence-electron chi connectivity index (χ2n) is 5.35. The highest BCUT2D eigenvalue weighted by atomic mass is 15.3. The molecule has 1 unspecified atom stereocenters. The van der Waals surface area contributed by atoms with E-state index in [0.717, 1.165) is 26.2 Å². The van der Waals surface area contributed by atoms with Crippen molar-refractivity contribution >= 4 is 5.69 Å². The number of hydrogen-bond acceptors (Lipinski definition) is 2. The number of anilines is 1. The lowest BCUT2D eigenvalue weighted by Gasteiger charge is -2.43. The number of para-hydroxylation sites is 1. The van der Waals surface area contributed by atoms with E-state index in [9.17, 15) is 0 Å². The number of hydrogen-bond donors (Lipinski definition) is 0. The maximum atomic E-state index is 2.54. The zero-order chi connectivity index (χ0) is 13.8. The van der Waals surface area contributed by atoms with Gasteiger partial charge in [-0.2, -0.15) is 0 Å². The normalized spacial score (nSPS) is 20.1. The third kappa shape index (κ3) is 2.70. The van der Waals surface area contributed by atoms with Crippen LogP contribution in [0.15, 0.2) is 60.7 Å². The Labute approximate surface area is 121 Å². The van der Waals surface area contributed by atoms with Gasteiger partial charge < -0.3 is 4.90 Å². The van der Waals surface area contributed by atoms with E-state index in [-0.39, 0.29) is 0 Å². The number of nitrogens with zero attached hydrogens (tertiary/aromatic N) is 2. The molecule has 2 aromatic carbocycles. The fourth-order valence-electron chi connectivity index (χ4n) is 3.02. The first-order valence-electron chi connectivity index (χ1n) is 7.47. The van der Waals surface area contributed by atoms with Crippen molar-refractivity contribution in [1.82, 2.24) is 4.90 Å². The molecule has 0 spiro atoms. The molecule has 1 saturated heterocycles. The molecule has 0 amide bonds. The topological polar surface area (TPSA) is 6.48 Å². The molecule has 1 atom stereocenters.